The molecule has 47 heavy (non-hydrogen) atoms. The minimum absolute atomic E-state index is 0.144. The highest BCUT2D eigenvalue weighted by atomic mass is 15.1. The Kier molecular flexibility index (Phi) is 11.7. The quantitative estimate of drug-likeness (QED) is 0.110. The number of fused-ring (bicyclic) bond motifs is 3. The molecule has 0 saturated heterocycles. The molecular weight excluding hydrogens is 571 g/mol. The van der Waals surface area contributed by atoms with Crippen LogP contribution in [0.5, 0.6) is 0 Å². The van der Waals surface area contributed by atoms with Gasteiger partial charge in [0.1, 0.15) is 0 Å². The van der Waals surface area contributed by atoms with Gasteiger partial charge in [0, 0.05) is 55.9 Å². The molecule has 3 nitrogen and oxygen atoms in total. The molecule has 238 valence electrons. The Morgan fingerprint density at radius 1 is 1.02 bits per heavy atom. The van der Waals surface area contributed by atoms with E-state index in [0.29, 0.717) is 0 Å². The van der Waals surface area contributed by atoms with Gasteiger partial charge >= 0.3 is 0 Å². The van der Waals surface area contributed by atoms with Crippen LogP contribution in [0, 0.1) is 5.92 Å². The average molecular weight is 618 g/mol. The zero-order valence-electron chi connectivity index (χ0n) is 28.4. The lowest BCUT2D eigenvalue weighted by atomic mass is 9.88. The molecule has 0 radical (unpaired) electrons. The smallest absolute Gasteiger partial charge is 0.0455 e. The molecule has 1 aliphatic carbocycles. The summed E-state index contributed by atoms with van der Waals surface area (Å²) in [5, 5.41) is 2.64. The lowest BCUT2D eigenvalue weighted by Gasteiger charge is -2.24. The van der Waals surface area contributed by atoms with Gasteiger partial charge in [0.25, 0.3) is 0 Å². The SMILES string of the molecule is C=CC/C=C(\C/C=C\C(C)C(/C=C(/c1cccc(-c2cccnc2)c1)N(C)CCC)=NC)c1cc2c(c3ccccc13)CC=CC=C2. The van der Waals surface area contributed by atoms with E-state index in [2.05, 4.69) is 147 Å². The highest BCUT2D eigenvalue weighted by Gasteiger charge is 2.15. The molecule has 5 rings (SSSR count). The monoisotopic (exact) mass is 617 g/mol. The number of aromatic nitrogens is 1. The van der Waals surface area contributed by atoms with Gasteiger partial charge in [0.15, 0.2) is 0 Å². The Bertz CT molecular complexity index is 1870. The first-order valence-corrected chi connectivity index (χ1v) is 16.8. The number of aliphatic imine (C=N–C) groups is 1. The van der Waals surface area contributed by atoms with Crippen molar-refractivity contribution in [1.29, 1.82) is 0 Å². The van der Waals surface area contributed by atoms with Gasteiger partial charge in [-0.25, -0.2) is 0 Å². The number of hydrogen-bond acceptors (Lipinski definition) is 3. The second-order valence-corrected chi connectivity index (χ2v) is 12.1. The maximum absolute atomic E-state index is 4.79. The van der Waals surface area contributed by atoms with E-state index in [1.54, 1.807) is 0 Å². The molecule has 0 saturated carbocycles. The Labute approximate surface area is 281 Å². The Hall–Kier alpha value is -5.02. The van der Waals surface area contributed by atoms with Crippen molar-refractivity contribution in [1.82, 2.24) is 9.88 Å². The third kappa shape index (κ3) is 8.23. The number of benzene rings is 3. The zero-order valence-corrected chi connectivity index (χ0v) is 28.4. The van der Waals surface area contributed by atoms with E-state index in [0.717, 1.165) is 49.1 Å². The standard InChI is InChI=1S/C44H47N3/c1-6-8-18-34(42-30-36-19-10-9-11-24-39(36)40-25-12-13-26-41(40)42)20-14-17-33(3)43(45-4)31-44(47(5)28-7-2)37-22-15-21-35(29-37)38-23-16-27-46-32-38/h6,9-19,21-23,25-27,29-33H,1,7-8,20,24,28H2,2-5H3/b17-14-,34-18+,44-31-,45-43?. The predicted molar refractivity (Wildman–Crippen MR) is 205 cm³/mol. The van der Waals surface area contributed by atoms with E-state index in [-0.39, 0.29) is 5.92 Å². The van der Waals surface area contributed by atoms with Crippen LogP contribution in [0.3, 0.4) is 0 Å². The van der Waals surface area contributed by atoms with Crippen LogP contribution in [-0.2, 0) is 6.42 Å². The molecule has 4 aromatic rings. The fourth-order valence-corrected chi connectivity index (χ4v) is 6.35. The van der Waals surface area contributed by atoms with E-state index in [1.165, 1.54) is 44.3 Å². The topological polar surface area (TPSA) is 28.5 Å². The maximum Gasteiger partial charge on any atom is 0.0455 e. The highest BCUT2D eigenvalue weighted by Crippen LogP contribution is 2.35. The van der Waals surface area contributed by atoms with E-state index in [1.807, 2.05) is 31.6 Å². The second-order valence-electron chi connectivity index (χ2n) is 12.1. The molecule has 0 N–H and O–H groups in total. The van der Waals surface area contributed by atoms with Crippen molar-refractivity contribution in [2.45, 2.75) is 39.5 Å². The van der Waals surface area contributed by atoms with Crippen molar-refractivity contribution in [3.8, 4) is 11.1 Å². The first kappa shape index (κ1) is 33.3. The van der Waals surface area contributed by atoms with Gasteiger partial charge in [-0.05, 0) is 94.1 Å². The summed E-state index contributed by atoms with van der Waals surface area (Å²) in [7, 11) is 4.08. The Morgan fingerprint density at radius 2 is 1.85 bits per heavy atom. The molecule has 1 heterocycles. The molecule has 1 atom stereocenters. The van der Waals surface area contributed by atoms with Crippen LogP contribution in [0.15, 0.2) is 139 Å². The van der Waals surface area contributed by atoms with Gasteiger partial charge in [-0.2, -0.15) is 0 Å². The lowest BCUT2D eigenvalue weighted by molar-refractivity contribution is 0.477. The highest BCUT2D eigenvalue weighted by molar-refractivity contribution is 6.03. The summed E-state index contributed by atoms with van der Waals surface area (Å²) in [6.07, 6.45) is 27.4. The van der Waals surface area contributed by atoms with E-state index in [4.69, 9.17) is 4.99 Å². The van der Waals surface area contributed by atoms with Crippen LogP contribution in [0.25, 0.3) is 39.2 Å². The van der Waals surface area contributed by atoms with Crippen molar-refractivity contribution in [3.05, 3.63) is 157 Å². The summed E-state index contributed by atoms with van der Waals surface area (Å²) in [6, 6.07) is 24.0. The van der Waals surface area contributed by atoms with Gasteiger partial charge in [-0.1, -0.05) is 111 Å². The average Bonchev–Trinajstić information content (AvgIpc) is 3.36. The number of allylic oxidation sites excluding steroid dienone is 9. The molecule has 0 amide bonds. The fourth-order valence-electron chi connectivity index (χ4n) is 6.35. The molecule has 0 spiro atoms. The van der Waals surface area contributed by atoms with Crippen LogP contribution >= 0.6 is 0 Å². The number of hydrogen-bond donors (Lipinski definition) is 0. The van der Waals surface area contributed by atoms with Gasteiger partial charge in [0.05, 0.1) is 0 Å². The van der Waals surface area contributed by atoms with Gasteiger partial charge in [-0.15, -0.1) is 6.58 Å². The molecule has 3 aromatic carbocycles. The van der Waals surface area contributed by atoms with Crippen molar-refractivity contribution >= 4 is 33.8 Å². The largest absolute Gasteiger partial charge is 0.374 e. The molecule has 1 aromatic heterocycles. The third-order valence-corrected chi connectivity index (χ3v) is 8.81. The summed E-state index contributed by atoms with van der Waals surface area (Å²) in [6.45, 7) is 9.42. The van der Waals surface area contributed by atoms with Crippen molar-refractivity contribution in [2.75, 3.05) is 20.6 Å². The molecule has 0 bridgehead atoms. The Balaban J connectivity index is 1.44. The van der Waals surface area contributed by atoms with Crippen LogP contribution < -0.4 is 0 Å². The van der Waals surface area contributed by atoms with Crippen molar-refractivity contribution in [2.24, 2.45) is 10.9 Å². The third-order valence-electron chi connectivity index (χ3n) is 8.81. The van der Waals surface area contributed by atoms with E-state index in [9.17, 15) is 0 Å². The normalized spacial score (nSPS) is 14.3. The summed E-state index contributed by atoms with van der Waals surface area (Å²) in [5.41, 5.74) is 11.0. The zero-order chi connectivity index (χ0) is 33.0. The predicted octanol–water partition coefficient (Wildman–Crippen LogP) is 11.0. The van der Waals surface area contributed by atoms with Gasteiger partial charge in [-0.3, -0.25) is 9.98 Å². The van der Waals surface area contributed by atoms with Crippen LogP contribution in [0.2, 0.25) is 0 Å². The van der Waals surface area contributed by atoms with E-state index < -0.39 is 0 Å². The molecule has 1 aliphatic rings. The molecule has 0 fully saturated rings. The minimum Gasteiger partial charge on any atom is -0.374 e. The van der Waals surface area contributed by atoms with Crippen LogP contribution in [0.4, 0.5) is 0 Å². The summed E-state index contributed by atoms with van der Waals surface area (Å²) in [4.78, 5) is 11.5. The first-order chi connectivity index (χ1) is 23.0. The van der Waals surface area contributed by atoms with E-state index >= 15 is 0 Å². The Morgan fingerprint density at radius 3 is 2.62 bits per heavy atom. The fraction of sp³-hybridized carbons (Fsp3) is 0.227. The van der Waals surface area contributed by atoms with Crippen LogP contribution in [-0.4, -0.2) is 36.2 Å². The number of nitrogens with zero attached hydrogens (tertiary/aromatic N) is 3. The summed E-state index contributed by atoms with van der Waals surface area (Å²) < 4.78 is 0. The number of pyridine rings is 1. The van der Waals surface area contributed by atoms with Gasteiger partial charge < -0.3 is 4.90 Å². The molecule has 1 unspecified atom stereocenters. The summed E-state index contributed by atoms with van der Waals surface area (Å²) >= 11 is 0. The first-order valence-electron chi connectivity index (χ1n) is 16.8. The number of rotatable bonds is 13. The van der Waals surface area contributed by atoms with Crippen molar-refractivity contribution < 1.29 is 0 Å². The second kappa shape index (κ2) is 16.5. The molecule has 0 aliphatic heterocycles. The summed E-state index contributed by atoms with van der Waals surface area (Å²) in [5.74, 6) is 0.144. The van der Waals surface area contributed by atoms with Crippen LogP contribution in [0.1, 0.15) is 55.4 Å². The lowest BCUT2D eigenvalue weighted by Crippen LogP contribution is -2.20. The van der Waals surface area contributed by atoms with Crippen molar-refractivity contribution in [3.63, 3.8) is 0 Å². The van der Waals surface area contributed by atoms with Gasteiger partial charge in [0.2, 0.25) is 0 Å². The maximum atomic E-state index is 4.79. The molecular formula is C44H47N3. The minimum atomic E-state index is 0.144. The molecule has 3 heteroatoms.